The summed E-state index contributed by atoms with van der Waals surface area (Å²) in [5.41, 5.74) is 3.09. The first kappa shape index (κ1) is 22.3. The summed E-state index contributed by atoms with van der Waals surface area (Å²) in [5, 5.41) is 22.9. The lowest BCUT2D eigenvalue weighted by molar-refractivity contribution is 0.238. The van der Waals surface area contributed by atoms with Gasteiger partial charge in [-0.2, -0.15) is 5.26 Å². The van der Waals surface area contributed by atoms with Crippen LogP contribution in [0.3, 0.4) is 0 Å². The lowest BCUT2D eigenvalue weighted by Crippen LogP contribution is -2.47. The molecule has 1 aliphatic heterocycles. The Balaban J connectivity index is 1.43. The van der Waals surface area contributed by atoms with Crippen LogP contribution in [0.2, 0.25) is 0 Å². The highest BCUT2D eigenvalue weighted by molar-refractivity contribution is 9.10. The van der Waals surface area contributed by atoms with Gasteiger partial charge in [0.15, 0.2) is 0 Å². The van der Waals surface area contributed by atoms with Crippen LogP contribution in [0.4, 0.5) is 5.69 Å². The molecule has 1 N–H and O–H groups in total. The van der Waals surface area contributed by atoms with Crippen LogP contribution in [0, 0.1) is 11.3 Å². The van der Waals surface area contributed by atoms with Gasteiger partial charge in [-0.25, -0.2) is 4.98 Å². The number of ether oxygens (including phenoxy) is 1. The molecule has 0 bridgehead atoms. The molecule has 0 saturated carbocycles. The summed E-state index contributed by atoms with van der Waals surface area (Å²) in [6, 6.07) is 18.0. The van der Waals surface area contributed by atoms with E-state index in [4.69, 9.17) is 4.74 Å². The molecular weight excluding hydrogens is 488 g/mol. The average molecular weight is 511 g/mol. The second-order valence-corrected chi connectivity index (χ2v) is 9.19. The van der Waals surface area contributed by atoms with E-state index in [1.54, 1.807) is 7.11 Å². The van der Waals surface area contributed by atoms with E-state index >= 15 is 0 Å². The fourth-order valence-corrected chi connectivity index (χ4v) is 4.82. The topological polar surface area (TPSA) is 72.6 Å². The van der Waals surface area contributed by atoms with E-state index in [0.29, 0.717) is 11.6 Å². The third-order valence-electron chi connectivity index (χ3n) is 5.43. The van der Waals surface area contributed by atoms with Crippen molar-refractivity contribution in [1.82, 2.24) is 9.88 Å². The Morgan fingerprint density at radius 2 is 1.88 bits per heavy atom. The van der Waals surface area contributed by atoms with Gasteiger partial charge < -0.3 is 14.7 Å². The normalized spacial score (nSPS) is 15.2. The van der Waals surface area contributed by atoms with Crippen molar-refractivity contribution in [3.8, 4) is 23.1 Å². The quantitative estimate of drug-likeness (QED) is 0.363. The maximum atomic E-state index is 10.7. The summed E-state index contributed by atoms with van der Waals surface area (Å²) in [6.45, 7) is 3.53. The second kappa shape index (κ2) is 10.2. The van der Waals surface area contributed by atoms with Crippen LogP contribution in [-0.2, 0) is 0 Å². The predicted molar refractivity (Wildman–Crippen MR) is 132 cm³/mol. The molecule has 2 heterocycles. The minimum atomic E-state index is 0.0648. The molecule has 1 saturated heterocycles. The molecule has 0 atom stereocenters. The number of piperazine rings is 1. The lowest BCUT2D eigenvalue weighted by atomic mass is 10.2. The number of nitriles is 1. The molecule has 0 amide bonds. The van der Waals surface area contributed by atoms with Crippen LogP contribution in [0.5, 0.6) is 5.75 Å². The highest BCUT2D eigenvalue weighted by Crippen LogP contribution is 2.30. The number of para-hydroxylation sites is 2. The Morgan fingerprint density at radius 1 is 1.16 bits per heavy atom. The zero-order valence-electron chi connectivity index (χ0n) is 17.7. The van der Waals surface area contributed by atoms with Gasteiger partial charge in [-0.1, -0.05) is 40.2 Å². The van der Waals surface area contributed by atoms with Crippen molar-refractivity contribution < 1.29 is 9.84 Å². The van der Waals surface area contributed by atoms with Gasteiger partial charge in [0.1, 0.15) is 28.2 Å². The molecule has 8 heteroatoms. The van der Waals surface area contributed by atoms with Gasteiger partial charge in [0.2, 0.25) is 0 Å². The zero-order valence-corrected chi connectivity index (χ0v) is 20.1. The molecule has 6 nitrogen and oxygen atoms in total. The smallest absolute Gasteiger partial charge is 0.142 e. The van der Waals surface area contributed by atoms with Crippen LogP contribution in [0.15, 0.2) is 64.1 Å². The number of thiazole rings is 1. The van der Waals surface area contributed by atoms with Crippen molar-refractivity contribution in [3.63, 3.8) is 0 Å². The van der Waals surface area contributed by atoms with Crippen LogP contribution < -0.4 is 9.64 Å². The van der Waals surface area contributed by atoms with Crippen molar-refractivity contribution in [2.45, 2.75) is 0 Å². The predicted octanol–water partition coefficient (Wildman–Crippen LogP) is 5.20. The van der Waals surface area contributed by atoms with Crippen molar-refractivity contribution in [3.05, 3.63) is 69.2 Å². The number of aliphatic hydroxyl groups excluding tert-OH is 1. The first-order chi connectivity index (χ1) is 15.6. The number of aliphatic hydroxyl groups is 1. The van der Waals surface area contributed by atoms with E-state index in [-0.39, 0.29) is 11.3 Å². The first-order valence-electron chi connectivity index (χ1n) is 10.2. The third kappa shape index (κ3) is 4.96. The lowest BCUT2D eigenvalue weighted by Gasteiger charge is -2.36. The Bertz CT molecular complexity index is 1150. The maximum absolute atomic E-state index is 10.7. The molecule has 4 rings (SSSR count). The largest absolute Gasteiger partial charge is 0.509 e. The SMILES string of the molecule is COc1ccccc1N1CCN(C/C(O)=C(\C#N)c2nc(-c3ccc(Br)cc3)cs2)CC1. The molecule has 1 fully saturated rings. The van der Waals surface area contributed by atoms with Gasteiger partial charge in [-0.15, -0.1) is 11.3 Å². The molecule has 164 valence electrons. The Morgan fingerprint density at radius 3 is 2.56 bits per heavy atom. The number of methoxy groups -OCH3 is 1. The van der Waals surface area contributed by atoms with E-state index < -0.39 is 0 Å². The fourth-order valence-electron chi connectivity index (χ4n) is 3.71. The maximum Gasteiger partial charge on any atom is 0.142 e. The number of nitrogens with zero attached hydrogens (tertiary/aromatic N) is 4. The first-order valence-corrected chi connectivity index (χ1v) is 11.9. The van der Waals surface area contributed by atoms with Crippen molar-refractivity contribution in [2.24, 2.45) is 0 Å². The van der Waals surface area contributed by atoms with E-state index in [0.717, 1.165) is 53.3 Å². The number of benzene rings is 2. The number of rotatable bonds is 6. The number of hydrogen-bond donors (Lipinski definition) is 1. The molecule has 1 aromatic heterocycles. The Kier molecular flexibility index (Phi) is 7.10. The van der Waals surface area contributed by atoms with Crippen molar-refractivity contribution >= 4 is 38.5 Å². The van der Waals surface area contributed by atoms with Gasteiger partial charge in [0.25, 0.3) is 0 Å². The summed E-state index contributed by atoms with van der Waals surface area (Å²) in [5.74, 6) is 0.927. The molecule has 32 heavy (non-hydrogen) atoms. The van der Waals surface area contributed by atoms with Crippen LogP contribution in [0.25, 0.3) is 16.8 Å². The molecular formula is C24H23BrN4O2S. The van der Waals surface area contributed by atoms with Crippen molar-refractivity contribution in [1.29, 1.82) is 5.26 Å². The van der Waals surface area contributed by atoms with Gasteiger partial charge in [-0.3, -0.25) is 4.90 Å². The average Bonchev–Trinajstić information content (AvgIpc) is 3.30. The van der Waals surface area contributed by atoms with Gasteiger partial charge in [-0.05, 0) is 24.3 Å². The van der Waals surface area contributed by atoms with Crippen LogP contribution in [0.1, 0.15) is 5.01 Å². The molecule has 0 radical (unpaired) electrons. The van der Waals surface area contributed by atoms with E-state index in [2.05, 4.69) is 42.8 Å². The zero-order chi connectivity index (χ0) is 22.5. The summed E-state index contributed by atoms with van der Waals surface area (Å²) in [6.07, 6.45) is 0. The van der Waals surface area contributed by atoms with Gasteiger partial charge in [0.05, 0.1) is 25.0 Å². The minimum Gasteiger partial charge on any atom is -0.509 e. The molecule has 3 aromatic rings. The fraction of sp³-hybridized carbons (Fsp3) is 0.250. The number of halogens is 1. The van der Waals surface area contributed by atoms with Gasteiger partial charge in [0, 0.05) is 41.6 Å². The van der Waals surface area contributed by atoms with E-state index in [1.807, 2.05) is 47.8 Å². The second-order valence-electron chi connectivity index (χ2n) is 7.41. The number of hydrogen-bond acceptors (Lipinski definition) is 7. The third-order valence-corrected chi connectivity index (χ3v) is 6.82. The molecule has 1 aliphatic rings. The molecule has 0 aliphatic carbocycles. The standard InChI is InChI=1S/C24H23BrN4O2S/c1-31-23-5-3-2-4-21(23)29-12-10-28(11-13-29)15-22(30)19(14-26)24-27-20(16-32-24)17-6-8-18(25)9-7-17/h2-9,16,30H,10-13,15H2,1H3/b22-19-. The monoisotopic (exact) mass is 510 g/mol. The van der Waals surface area contributed by atoms with Crippen molar-refractivity contribution in [2.75, 3.05) is 44.7 Å². The Hall–Kier alpha value is -2.86. The van der Waals surface area contributed by atoms with Crippen LogP contribution in [-0.4, -0.2) is 54.8 Å². The molecule has 2 aromatic carbocycles. The minimum absolute atomic E-state index is 0.0648. The summed E-state index contributed by atoms with van der Waals surface area (Å²) in [4.78, 5) is 9.03. The number of allylic oxidation sites excluding steroid dienone is 1. The molecule has 0 unspecified atom stereocenters. The summed E-state index contributed by atoms with van der Waals surface area (Å²) in [7, 11) is 1.68. The van der Waals surface area contributed by atoms with E-state index in [1.165, 1.54) is 11.3 Å². The Labute approximate surface area is 200 Å². The summed E-state index contributed by atoms with van der Waals surface area (Å²) < 4.78 is 6.48. The summed E-state index contributed by atoms with van der Waals surface area (Å²) >= 11 is 4.80. The number of aromatic nitrogens is 1. The molecule has 0 spiro atoms. The van der Waals surface area contributed by atoms with Crippen LogP contribution >= 0.6 is 27.3 Å². The number of anilines is 1. The highest BCUT2D eigenvalue weighted by atomic mass is 79.9. The highest BCUT2D eigenvalue weighted by Gasteiger charge is 2.22. The van der Waals surface area contributed by atoms with E-state index in [9.17, 15) is 10.4 Å². The van der Waals surface area contributed by atoms with Gasteiger partial charge >= 0.3 is 0 Å².